The molecule has 4 rings (SSSR count). The number of hydrogen-bond donors (Lipinski definition) is 0. The van der Waals surface area contributed by atoms with Gasteiger partial charge in [-0.25, -0.2) is 4.98 Å². The van der Waals surface area contributed by atoms with Crippen LogP contribution in [0.25, 0.3) is 0 Å². The molecular weight excluding hydrogens is 338 g/mol. The van der Waals surface area contributed by atoms with E-state index in [9.17, 15) is 4.79 Å². The molecule has 0 aliphatic carbocycles. The minimum Gasteiger partial charge on any atom is -0.344 e. The monoisotopic (exact) mass is 373 g/mol. The third-order valence-electron chi connectivity index (χ3n) is 7.22. The van der Waals surface area contributed by atoms with E-state index < -0.39 is 0 Å². The zero-order valence-corrected chi connectivity index (χ0v) is 17.0. The number of likely N-dealkylation sites (tertiary alicyclic amines) is 3. The van der Waals surface area contributed by atoms with Crippen LogP contribution in [0.1, 0.15) is 44.9 Å². The number of aryl methyl sites for hydroxylation is 1. The van der Waals surface area contributed by atoms with Crippen molar-refractivity contribution in [2.45, 2.75) is 58.2 Å². The van der Waals surface area contributed by atoms with Gasteiger partial charge >= 0.3 is 0 Å². The second kappa shape index (κ2) is 8.31. The summed E-state index contributed by atoms with van der Waals surface area (Å²) in [5.74, 6) is 3.27. The van der Waals surface area contributed by atoms with Gasteiger partial charge < -0.3 is 9.47 Å². The van der Waals surface area contributed by atoms with Gasteiger partial charge in [-0.05, 0) is 77.0 Å². The van der Waals surface area contributed by atoms with Crippen LogP contribution in [0.4, 0.5) is 0 Å². The smallest absolute Gasteiger partial charge is 0.239 e. The van der Waals surface area contributed by atoms with Crippen molar-refractivity contribution in [1.29, 1.82) is 0 Å². The molecule has 0 saturated carbocycles. The van der Waals surface area contributed by atoms with Crippen LogP contribution in [-0.4, -0.2) is 76.0 Å². The molecule has 6 nitrogen and oxygen atoms in total. The van der Waals surface area contributed by atoms with E-state index in [0.717, 1.165) is 51.0 Å². The molecule has 4 heterocycles. The molecule has 1 amide bonds. The molecule has 1 aromatic heterocycles. The number of imidazole rings is 1. The maximum absolute atomic E-state index is 12.3. The van der Waals surface area contributed by atoms with Crippen LogP contribution in [0, 0.1) is 11.8 Å². The molecule has 1 unspecified atom stereocenters. The molecule has 3 aliphatic heterocycles. The number of likely N-dealkylation sites (N-methyl/N-ethyl adjacent to an activating group) is 1. The molecule has 6 heteroatoms. The Labute approximate surface area is 163 Å². The van der Waals surface area contributed by atoms with E-state index in [4.69, 9.17) is 0 Å². The van der Waals surface area contributed by atoms with Crippen LogP contribution < -0.4 is 0 Å². The Kier molecular flexibility index (Phi) is 5.83. The lowest BCUT2D eigenvalue weighted by Crippen LogP contribution is -2.47. The first-order chi connectivity index (χ1) is 13.2. The summed E-state index contributed by atoms with van der Waals surface area (Å²) in [6.45, 7) is 9.74. The van der Waals surface area contributed by atoms with Gasteiger partial charge in [-0.3, -0.25) is 14.6 Å². The van der Waals surface area contributed by atoms with Gasteiger partial charge in [0.1, 0.15) is 5.82 Å². The largest absolute Gasteiger partial charge is 0.344 e. The summed E-state index contributed by atoms with van der Waals surface area (Å²) in [6.07, 6.45) is 10.2. The lowest BCUT2D eigenvalue weighted by molar-refractivity contribution is -0.131. The lowest BCUT2D eigenvalue weighted by atomic mass is 9.78. The molecule has 3 fully saturated rings. The van der Waals surface area contributed by atoms with Gasteiger partial charge in [-0.2, -0.15) is 0 Å². The van der Waals surface area contributed by atoms with Crippen LogP contribution in [0.15, 0.2) is 12.4 Å². The summed E-state index contributed by atoms with van der Waals surface area (Å²) in [5.41, 5.74) is 0. The number of hydrogen-bond acceptors (Lipinski definition) is 4. The second-order valence-electron chi connectivity index (χ2n) is 8.68. The topological polar surface area (TPSA) is 44.6 Å². The van der Waals surface area contributed by atoms with E-state index >= 15 is 0 Å². The SMILES string of the molecule is CCn1ccnc1CN1CCC(C2CCN(C3CCN(C)C3=O)CC2)CC1. The van der Waals surface area contributed by atoms with Gasteiger partial charge in [0.05, 0.1) is 12.6 Å². The highest BCUT2D eigenvalue weighted by Crippen LogP contribution is 2.34. The first-order valence-electron chi connectivity index (χ1n) is 10.9. The van der Waals surface area contributed by atoms with Crippen LogP contribution in [-0.2, 0) is 17.9 Å². The van der Waals surface area contributed by atoms with Gasteiger partial charge in [0.15, 0.2) is 0 Å². The number of carbonyl (C=O) groups excluding carboxylic acids is 1. The number of nitrogens with zero attached hydrogens (tertiary/aromatic N) is 5. The van der Waals surface area contributed by atoms with Crippen molar-refractivity contribution in [3.8, 4) is 0 Å². The van der Waals surface area contributed by atoms with Crippen molar-refractivity contribution in [3.05, 3.63) is 18.2 Å². The lowest BCUT2D eigenvalue weighted by Gasteiger charge is -2.41. The molecule has 0 N–H and O–H groups in total. The Morgan fingerprint density at radius 3 is 2.26 bits per heavy atom. The van der Waals surface area contributed by atoms with Gasteiger partial charge in [-0.15, -0.1) is 0 Å². The van der Waals surface area contributed by atoms with Crippen LogP contribution in [0.2, 0.25) is 0 Å². The third-order valence-corrected chi connectivity index (χ3v) is 7.22. The highest BCUT2D eigenvalue weighted by molar-refractivity contribution is 5.83. The fraction of sp³-hybridized carbons (Fsp3) is 0.810. The number of amides is 1. The standard InChI is InChI=1S/C21H35N5O/c1-3-25-15-9-22-20(25)16-24-11-4-17(5-12-24)18-6-13-26(14-7-18)19-8-10-23(2)21(19)27/h9,15,17-19H,3-8,10-14,16H2,1-2H3. The van der Waals surface area contributed by atoms with E-state index in [1.807, 2.05) is 18.1 Å². The zero-order chi connectivity index (χ0) is 18.8. The minimum atomic E-state index is 0.167. The molecule has 3 aliphatic rings. The number of aromatic nitrogens is 2. The molecule has 150 valence electrons. The van der Waals surface area contributed by atoms with E-state index in [-0.39, 0.29) is 6.04 Å². The van der Waals surface area contributed by atoms with Crippen molar-refractivity contribution >= 4 is 5.91 Å². The Morgan fingerprint density at radius 2 is 1.67 bits per heavy atom. The number of carbonyl (C=O) groups is 1. The molecule has 3 saturated heterocycles. The summed E-state index contributed by atoms with van der Waals surface area (Å²) >= 11 is 0. The molecule has 0 bridgehead atoms. The fourth-order valence-electron chi connectivity index (χ4n) is 5.41. The molecule has 1 aromatic rings. The number of piperidine rings is 2. The summed E-state index contributed by atoms with van der Waals surface area (Å²) in [6, 6.07) is 0.167. The zero-order valence-electron chi connectivity index (χ0n) is 17.0. The van der Waals surface area contributed by atoms with Crippen molar-refractivity contribution in [2.24, 2.45) is 11.8 Å². The average Bonchev–Trinajstić information content (AvgIpc) is 3.29. The number of rotatable bonds is 5. The van der Waals surface area contributed by atoms with E-state index in [2.05, 4.69) is 32.5 Å². The van der Waals surface area contributed by atoms with Crippen LogP contribution in [0.3, 0.4) is 0 Å². The quantitative estimate of drug-likeness (QED) is 0.793. The maximum Gasteiger partial charge on any atom is 0.239 e. The predicted octanol–water partition coefficient (Wildman–Crippen LogP) is 2.06. The second-order valence-corrected chi connectivity index (χ2v) is 8.68. The van der Waals surface area contributed by atoms with Gasteiger partial charge in [0.25, 0.3) is 0 Å². The molecule has 0 radical (unpaired) electrons. The molecular formula is C21H35N5O. The summed E-state index contributed by atoms with van der Waals surface area (Å²) in [5, 5.41) is 0. The van der Waals surface area contributed by atoms with Gasteiger partial charge in [-0.1, -0.05) is 0 Å². The summed E-state index contributed by atoms with van der Waals surface area (Å²) in [4.78, 5) is 23.7. The Bertz CT molecular complexity index is 628. The van der Waals surface area contributed by atoms with Gasteiger partial charge in [0.2, 0.25) is 5.91 Å². The highest BCUT2D eigenvalue weighted by Gasteiger charge is 2.37. The highest BCUT2D eigenvalue weighted by atomic mass is 16.2. The Hall–Kier alpha value is -1.40. The minimum absolute atomic E-state index is 0.167. The van der Waals surface area contributed by atoms with Crippen molar-refractivity contribution in [2.75, 3.05) is 39.8 Å². The average molecular weight is 374 g/mol. The Morgan fingerprint density at radius 1 is 1.00 bits per heavy atom. The van der Waals surface area contributed by atoms with Crippen LogP contribution >= 0.6 is 0 Å². The summed E-state index contributed by atoms with van der Waals surface area (Å²) in [7, 11) is 1.94. The van der Waals surface area contributed by atoms with Crippen molar-refractivity contribution in [1.82, 2.24) is 24.3 Å². The first-order valence-corrected chi connectivity index (χ1v) is 10.9. The van der Waals surface area contributed by atoms with Gasteiger partial charge in [0, 0.05) is 32.5 Å². The summed E-state index contributed by atoms with van der Waals surface area (Å²) < 4.78 is 2.25. The normalized spacial score (nSPS) is 27.0. The maximum atomic E-state index is 12.3. The van der Waals surface area contributed by atoms with Crippen molar-refractivity contribution < 1.29 is 4.79 Å². The fourth-order valence-corrected chi connectivity index (χ4v) is 5.41. The predicted molar refractivity (Wildman–Crippen MR) is 106 cm³/mol. The van der Waals surface area contributed by atoms with E-state index in [0.29, 0.717) is 5.91 Å². The Balaban J connectivity index is 1.22. The van der Waals surface area contributed by atoms with E-state index in [1.54, 1.807) is 0 Å². The third kappa shape index (κ3) is 4.06. The van der Waals surface area contributed by atoms with Crippen molar-refractivity contribution in [3.63, 3.8) is 0 Å². The molecule has 1 atom stereocenters. The molecule has 0 spiro atoms. The van der Waals surface area contributed by atoms with Crippen LogP contribution in [0.5, 0.6) is 0 Å². The molecule has 27 heavy (non-hydrogen) atoms. The molecule has 0 aromatic carbocycles. The van der Waals surface area contributed by atoms with E-state index in [1.165, 1.54) is 44.6 Å². The first kappa shape index (κ1) is 18.9.